The van der Waals surface area contributed by atoms with Gasteiger partial charge in [0.2, 0.25) is 5.91 Å². The Labute approximate surface area is 194 Å². The molecule has 1 saturated carbocycles. The van der Waals surface area contributed by atoms with Gasteiger partial charge in [0.05, 0.1) is 17.8 Å². The second-order valence-electron chi connectivity index (χ2n) is 9.08. The van der Waals surface area contributed by atoms with Crippen LogP contribution in [0.4, 0.5) is 5.69 Å². The van der Waals surface area contributed by atoms with E-state index in [1.54, 1.807) is 12.1 Å². The maximum absolute atomic E-state index is 13.0. The van der Waals surface area contributed by atoms with Crippen molar-refractivity contribution >= 4 is 17.5 Å². The molecule has 0 unspecified atom stereocenters. The summed E-state index contributed by atoms with van der Waals surface area (Å²) in [5, 5.41) is 6.09. The lowest BCUT2D eigenvalue weighted by Gasteiger charge is -2.26. The van der Waals surface area contributed by atoms with Gasteiger partial charge in [-0.05, 0) is 62.1 Å². The monoisotopic (exact) mass is 449 g/mol. The quantitative estimate of drug-likeness (QED) is 0.699. The second-order valence-corrected chi connectivity index (χ2v) is 9.08. The highest BCUT2D eigenvalue weighted by Gasteiger charge is 2.29. The van der Waals surface area contributed by atoms with E-state index in [2.05, 4.69) is 21.6 Å². The maximum atomic E-state index is 13.0. The number of ether oxygens (including phenoxy) is 2. The normalized spacial score (nSPS) is 20.5. The number of para-hydroxylation sites is 1. The van der Waals surface area contributed by atoms with E-state index in [0.29, 0.717) is 24.5 Å². The van der Waals surface area contributed by atoms with Crippen LogP contribution >= 0.6 is 0 Å². The predicted molar refractivity (Wildman–Crippen MR) is 126 cm³/mol. The first-order valence-electron chi connectivity index (χ1n) is 12.0. The van der Waals surface area contributed by atoms with Crippen molar-refractivity contribution in [3.8, 4) is 11.5 Å². The summed E-state index contributed by atoms with van der Waals surface area (Å²) < 4.78 is 11.4. The minimum absolute atomic E-state index is 0.111. The Kier molecular flexibility index (Phi) is 6.48. The van der Waals surface area contributed by atoms with Crippen LogP contribution in [0.3, 0.4) is 0 Å². The molecular formula is C26H31N3O4. The third-order valence-electron chi connectivity index (χ3n) is 6.80. The standard InChI is InChI=1S/C26H31N3O4/c30-25(28-21-9-4-3-8-20(21)26(31)27-19-6-1-2-7-19)17-29-13-5-10-22(29)18-11-12-23-24(16-18)33-15-14-32-23/h3-4,8-9,11-12,16,19,22H,1-2,5-7,10,13-15,17H2,(H,27,31)(H,28,30)/t22-/m1/s1. The summed E-state index contributed by atoms with van der Waals surface area (Å²) in [6.07, 6.45) is 6.39. The molecule has 2 N–H and O–H groups in total. The average Bonchev–Trinajstić information content (AvgIpc) is 3.51. The number of nitrogens with one attached hydrogen (secondary N) is 2. The number of hydrogen-bond acceptors (Lipinski definition) is 5. The van der Waals surface area contributed by atoms with E-state index in [9.17, 15) is 9.59 Å². The second kappa shape index (κ2) is 9.83. The van der Waals surface area contributed by atoms with Crippen LogP contribution < -0.4 is 20.1 Å². The first-order chi connectivity index (χ1) is 16.2. The fraction of sp³-hybridized carbons (Fsp3) is 0.462. The average molecular weight is 450 g/mol. The van der Waals surface area contributed by atoms with Gasteiger partial charge < -0.3 is 20.1 Å². The number of nitrogens with zero attached hydrogens (tertiary/aromatic N) is 1. The molecule has 7 nitrogen and oxygen atoms in total. The SMILES string of the molecule is O=C(CN1CCC[C@@H]1c1ccc2c(c1)OCCO2)Nc1ccccc1C(=O)NC1CCCC1. The van der Waals surface area contributed by atoms with Gasteiger partial charge in [-0.1, -0.05) is 31.0 Å². The van der Waals surface area contributed by atoms with Crippen LogP contribution in [-0.4, -0.2) is 49.1 Å². The fourth-order valence-electron chi connectivity index (χ4n) is 5.16. The zero-order chi connectivity index (χ0) is 22.6. The van der Waals surface area contributed by atoms with E-state index in [-0.39, 0.29) is 30.4 Å². The Morgan fingerprint density at radius 1 is 0.939 bits per heavy atom. The highest BCUT2D eigenvalue weighted by atomic mass is 16.6. The summed E-state index contributed by atoms with van der Waals surface area (Å²) in [4.78, 5) is 28.0. The van der Waals surface area contributed by atoms with Gasteiger partial charge in [0.15, 0.2) is 11.5 Å². The van der Waals surface area contributed by atoms with Crippen LogP contribution in [0.1, 0.15) is 60.5 Å². The van der Waals surface area contributed by atoms with Crippen LogP contribution in [0.25, 0.3) is 0 Å². The van der Waals surface area contributed by atoms with Crippen LogP contribution in [0.2, 0.25) is 0 Å². The smallest absolute Gasteiger partial charge is 0.253 e. The molecule has 2 aliphatic heterocycles. The third kappa shape index (κ3) is 4.98. The molecule has 0 radical (unpaired) electrons. The number of hydrogen-bond donors (Lipinski definition) is 2. The lowest BCUT2D eigenvalue weighted by Crippen LogP contribution is -2.35. The molecule has 2 aromatic carbocycles. The van der Waals surface area contributed by atoms with E-state index < -0.39 is 0 Å². The minimum atomic E-state index is -0.117. The van der Waals surface area contributed by atoms with Crippen molar-refractivity contribution in [1.29, 1.82) is 0 Å². The van der Waals surface area contributed by atoms with Crippen molar-refractivity contribution in [2.75, 3.05) is 31.6 Å². The van der Waals surface area contributed by atoms with Crippen molar-refractivity contribution in [3.05, 3.63) is 53.6 Å². The summed E-state index contributed by atoms with van der Waals surface area (Å²) in [6.45, 7) is 2.26. The summed E-state index contributed by atoms with van der Waals surface area (Å²) in [5.74, 6) is 1.32. The van der Waals surface area contributed by atoms with Crippen molar-refractivity contribution in [3.63, 3.8) is 0 Å². The molecule has 0 bridgehead atoms. The fourth-order valence-corrected chi connectivity index (χ4v) is 5.16. The molecule has 2 fully saturated rings. The summed E-state index contributed by atoms with van der Waals surface area (Å²) in [5.41, 5.74) is 2.22. The number of carbonyl (C=O) groups is 2. The van der Waals surface area contributed by atoms with Crippen LogP contribution in [-0.2, 0) is 4.79 Å². The summed E-state index contributed by atoms with van der Waals surface area (Å²) >= 11 is 0. The van der Waals surface area contributed by atoms with E-state index >= 15 is 0 Å². The zero-order valence-corrected chi connectivity index (χ0v) is 18.8. The molecule has 2 amide bonds. The highest BCUT2D eigenvalue weighted by Crippen LogP contribution is 2.38. The number of likely N-dealkylation sites (tertiary alicyclic amines) is 1. The Morgan fingerprint density at radius 2 is 1.73 bits per heavy atom. The number of rotatable bonds is 6. The van der Waals surface area contributed by atoms with E-state index in [0.717, 1.165) is 62.1 Å². The number of anilines is 1. The lowest BCUT2D eigenvalue weighted by atomic mass is 10.0. The topological polar surface area (TPSA) is 79.9 Å². The Morgan fingerprint density at radius 3 is 2.58 bits per heavy atom. The van der Waals surface area contributed by atoms with Gasteiger partial charge in [0.1, 0.15) is 13.2 Å². The van der Waals surface area contributed by atoms with Gasteiger partial charge in [0, 0.05) is 12.1 Å². The van der Waals surface area contributed by atoms with E-state index in [1.807, 2.05) is 24.3 Å². The van der Waals surface area contributed by atoms with Crippen LogP contribution in [0.5, 0.6) is 11.5 Å². The third-order valence-corrected chi connectivity index (χ3v) is 6.80. The summed E-state index contributed by atoms with van der Waals surface area (Å²) in [7, 11) is 0. The van der Waals surface area contributed by atoms with Crippen LogP contribution in [0, 0.1) is 0 Å². The lowest BCUT2D eigenvalue weighted by molar-refractivity contribution is -0.117. The largest absolute Gasteiger partial charge is 0.486 e. The van der Waals surface area contributed by atoms with Gasteiger partial charge in [-0.2, -0.15) is 0 Å². The Balaban J connectivity index is 1.24. The molecule has 1 saturated heterocycles. The number of amides is 2. The van der Waals surface area contributed by atoms with Gasteiger partial charge in [0.25, 0.3) is 5.91 Å². The van der Waals surface area contributed by atoms with Crippen molar-refractivity contribution in [1.82, 2.24) is 10.2 Å². The first-order valence-corrected chi connectivity index (χ1v) is 12.0. The van der Waals surface area contributed by atoms with Crippen molar-refractivity contribution < 1.29 is 19.1 Å². The molecule has 1 atom stereocenters. The molecule has 2 heterocycles. The molecule has 33 heavy (non-hydrogen) atoms. The molecule has 3 aliphatic rings. The maximum Gasteiger partial charge on any atom is 0.253 e. The molecule has 0 aromatic heterocycles. The number of fused-ring (bicyclic) bond motifs is 1. The van der Waals surface area contributed by atoms with Crippen molar-refractivity contribution in [2.24, 2.45) is 0 Å². The molecule has 1 aliphatic carbocycles. The number of carbonyl (C=O) groups excluding carboxylic acids is 2. The minimum Gasteiger partial charge on any atom is -0.486 e. The van der Waals surface area contributed by atoms with Crippen molar-refractivity contribution in [2.45, 2.75) is 50.6 Å². The molecule has 0 spiro atoms. The Bertz CT molecular complexity index is 1020. The molecule has 174 valence electrons. The first kappa shape index (κ1) is 21.8. The molecular weight excluding hydrogens is 418 g/mol. The van der Waals surface area contributed by atoms with E-state index in [1.165, 1.54) is 0 Å². The highest BCUT2D eigenvalue weighted by molar-refractivity contribution is 6.04. The van der Waals surface area contributed by atoms with Gasteiger partial charge in [-0.25, -0.2) is 0 Å². The number of benzene rings is 2. The van der Waals surface area contributed by atoms with Gasteiger partial charge in [-0.3, -0.25) is 14.5 Å². The van der Waals surface area contributed by atoms with E-state index in [4.69, 9.17) is 9.47 Å². The van der Waals surface area contributed by atoms with Crippen LogP contribution in [0.15, 0.2) is 42.5 Å². The predicted octanol–water partition coefficient (Wildman–Crippen LogP) is 3.91. The zero-order valence-electron chi connectivity index (χ0n) is 18.8. The summed E-state index contributed by atoms with van der Waals surface area (Å²) in [6, 6.07) is 13.7. The van der Waals surface area contributed by atoms with Gasteiger partial charge >= 0.3 is 0 Å². The molecule has 7 heteroatoms. The Hall–Kier alpha value is -3.06. The molecule has 2 aromatic rings. The molecule has 5 rings (SSSR count). The van der Waals surface area contributed by atoms with Gasteiger partial charge in [-0.15, -0.1) is 0 Å².